The Kier molecular flexibility index (Phi) is 5.01. The van der Waals surface area contributed by atoms with Crippen LogP contribution in [0, 0.1) is 0 Å². The zero-order valence-corrected chi connectivity index (χ0v) is 11.4. The summed E-state index contributed by atoms with van der Waals surface area (Å²) in [5.41, 5.74) is 0. The maximum absolute atomic E-state index is 10.8. The molecule has 0 radical (unpaired) electrons. The fourth-order valence-electron chi connectivity index (χ4n) is 3.40. The van der Waals surface area contributed by atoms with Gasteiger partial charge in [0.2, 0.25) is 0 Å². The van der Waals surface area contributed by atoms with Gasteiger partial charge in [0.05, 0.1) is 0 Å². The Morgan fingerprint density at radius 2 is 2.06 bits per heavy atom. The van der Waals surface area contributed by atoms with Crippen LogP contribution in [0.15, 0.2) is 0 Å². The van der Waals surface area contributed by atoms with E-state index in [1.165, 1.54) is 32.1 Å². The van der Waals surface area contributed by atoms with Gasteiger partial charge >= 0.3 is 5.97 Å². The van der Waals surface area contributed by atoms with E-state index in [9.17, 15) is 4.79 Å². The van der Waals surface area contributed by atoms with Crippen molar-refractivity contribution < 1.29 is 9.90 Å². The lowest BCUT2D eigenvalue weighted by atomic mass is 9.91. The van der Waals surface area contributed by atoms with Gasteiger partial charge in [-0.2, -0.15) is 0 Å². The van der Waals surface area contributed by atoms with Gasteiger partial charge < -0.3 is 10.4 Å². The average molecular weight is 254 g/mol. The van der Waals surface area contributed by atoms with E-state index in [1.807, 2.05) is 0 Å². The number of rotatable bonds is 4. The molecule has 18 heavy (non-hydrogen) atoms. The molecule has 4 heteroatoms. The van der Waals surface area contributed by atoms with Crippen molar-refractivity contribution in [2.24, 2.45) is 0 Å². The van der Waals surface area contributed by atoms with Crippen molar-refractivity contribution in [2.45, 2.75) is 70.0 Å². The highest BCUT2D eigenvalue weighted by molar-refractivity contribution is 5.66. The van der Waals surface area contributed by atoms with E-state index < -0.39 is 5.97 Å². The number of aliphatic carboxylic acids is 1. The number of hydrogen-bond acceptors (Lipinski definition) is 3. The minimum Gasteiger partial charge on any atom is -0.481 e. The summed E-state index contributed by atoms with van der Waals surface area (Å²) in [4.78, 5) is 13.4. The van der Waals surface area contributed by atoms with Crippen molar-refractivity contribution in [2.75, 3.05) is 13.1 Å². The van der Waals surface area contributed by atoms with Crippen LogP contribution in [-0.4, -0.2) is 47.2 Å². The summed E-state index contributed by atoms with van der Waals surface area (Å²) < 4.78 is 0. The zero-order valence-electron chi connectivity index (χ0n) is 11.4. The van der Waals surface area contributed by atoms with Crippen molar-refractivity contribution in [1.29, 1.82) is 0 Å². The maximum atomic E-state index is 10.8. The molecule has 2 aliphatic rings. The second-order valence-corrected chi connectivity index (χ2v) is 5.88. The van der Waals surface area contributed by atoms with Gasteiger partial charge in [-0.1, -0.05) is 19.3 Å². The smallest absolute Gasteiger partial charge is 0.303 e. The maximum Gasteiger partial charge on any atom is 0.303 e. The predicted octanol–water partition coefficient (Wildman–Crippen LogP) is 1.85. The Hall–Kier alpha value is -0.610. The second-order valence-electron chi connectivity index (χ2n) is 5.88. The lowest BCUT2D eigenvalue weighted by Gasteiger charge is -2.45. The number of nitrogens with one attached hydrogen (secondary N) is 1. The summed E-state index contributed by atoms with van der Waals surface area (Å²) in [7, 11) is 0. The van der Waals surface area contributed by atoms with Crippen LogP contribution in [0.5, 0.6) is 0 Å². The van der Waals surface area contributed by atoms with Crippen molar-refractivity contribution in [3.63, 3.8) is 0 Å². The largest absolute Gasteiger partial charge is 0.481 e. The normalized spacial score (nSPS) is 31.4. The molecular weight excluding hydrogens is 228 g/mol. The Morgan fingerprint density at radius 1 is 1.33 bits per heavy atom. The highest BCUT2D eigenvalue weighted by Crippen LogP contribution is 2.26. The van der Waals surface area contributed by atoms with Gasteiger partial charge in [0.1, 0.15) is 0 Å². The van der Waals surface area contributed by atoms with Crippen LogP contribution in [0.25, 0.3) is 0 Å². The second kappa shape index (κ2) is 6.53. The van der Waals surface area contributed by atoms with E-state index in [0.29, 0.717) is 24.5 Å². The molecule has 1 heterocycles. The standard InChI is InChI=1S/C14H26N2O2/c1-11-10-16(12-5-3-2-4-6-12)13(9-15-11)7-8-14(17)18/h11-13,15H,2-10H2,1H3,(H,17,18). The van der Waals surface area contributed by atoms with Crippen molar-refractivity contribution >= 4 is 5.97 Å². The molecule has 1 saturated carbocycles. The van der Waals surface area contributed by atoms with Crippen molar-refractivity contribution in [1.82, 2.24) is 10.2 Å². The minimum atomic E-state index is -0.669. The summed E-state index contributed by atoms with van der Waals surface area (Å²) in [5.74, 6) is -0.669. The summed E-state index contributed by atoms with van der Waals surface area (Å²) in [6.45, 7) is 4.25. The van der Waals surface area contributed by atoms with E-state index >= 15 is 0 Å². The lowest BCUT2D eigenvalue weighted by Crippen LogP contribution is -2.59. The van der Waals surface area contributed by atoms with Gasteiger partial charge in [-0.05, 0) is 26.2 Å². The fraction of sp³-hybridized carbons (Fsp3) is 0.929. The van der Waals surface area contributed by atoms with Gasteiger partial charge in [-0.3, -0.25) is 9.69 Å². The molecule has 4 nitrogen and oxygen atoms in total. The third-order valence-electron chi connectivity index (χ3n) is 4.39. The van der Waals surface area contributed by atoms with E-state index in [4.69, 9.17) is 5.11 Å². The molecule has 1 aliphatic carbocycles. The summed E-state index contributed by atoms with van der Waals surface area (Å²) >= 11 is 0. The number of carboxylic acids is 1. The topological polar surface area (TPSA) is 52.6 Å². The first-order valence-corrected chi connectivity index (χ1v) is 7.37. The van der Waals surface area contributed by atoms with Crippen LogP contribution >= 0.6 is 0 Å². The molecular formula is C14H26N2O2. The Labute approximate surface area is 110 Å². The quantitative estimate of drug-likeness (QED) is 0.804. The molecule has 0 aromatic carbocycles. The third kappa shape index (κ3) is 3.69. The zero-order chi connectivity index (χ0) is 13.0. The van der Waals surface area contributed by atoms with E-state index in [2.05, 4.69) is 17.1 Å². The van der Waals surface area contributed by atoms with Gasteiger partial charge in [0.15, 0.2) is 0 Å². The van der Waals surface area contributed by atoms with Crippen LogP contribution in [0.3, 0.4) is 0 Å². The monoisotopic (exact) mass is 254 g/mol. The van der Waals surface area contributed by atoms with Gasteiger partial charge in [-0.15, -0.1) is 0 Å². The fourth-order valence-corrected chi connectivity index (χ4v) is 3.40. The van der Waals surface area contributed by atoms with Crippen molar-refractivity contribution in [3.8, 4) is 0 Å². The first-order valence-electron chi connectivity index (χ1n) is 7.37. The number of hydrogen-bond donors (Lipinski definition) is 2. The molecule has 2 unspecified atom stereocenters. The SMILES string of the molecule is CC1CN(C2CCCCC2)C(CCC(=O)O)CN1. The molecule has 0 spiro atoms. The number of carboxylic acid groups (broad SMARTS) is 1. The summed E-state index contributed by atoms with van der Waals surface area (Å²) in [5, 5.41) is 12.3. The Morgan fingerprint density at radius 3 is 2.72 bits per heavy atom. The molecule has 1 aliphatic heterocycles. The Bertz CT molecular complexity index is 277. The highest BCUT2D eigenvalue weighted by Gasteiger charge is 2.31. The molecule has 2 fully saturated rings. The van der Waals surface area contributed by atoms with Crippen LogP contribution in [-0.2, 0) is 4.79 Å². The highest BCUT2D eigenvalue weighted by atomic mass is 16.4. The number of piperazine rings is 1. The molecule has 2 N–H and O–H groups in total. The molecule has 0 aromatic heterocycles. The average Bonchev–Trinajstić information content (AvgIpc) is 2.38. The Balaban J connectivity index is 1.93. The molecule has 2 rings (SSSR count). The third-order valence-corrected chi connectivity index (χ3v) is 4.39. The minimum absolute atomic E-state index is 0.296. The molecule has 0 bridgehead atoms. The first kappa shape index (κ1) is 13.8. The first-order chi connectivity index (χ1) is 8.66. The summed E-state index contributed by atoms with van der Waals surface area (Å²) in [6, 6.07) is 1.65. The number of carbonyl (C=O) groups is 1. The molecule has 2 atom stereocenters. The molecule has 0 aromatic rings. The molecule has 104 valence electrons. The van der Waals surface area contributed by atoms with Gasteiger partial charge in [-0.25, -0.2) is 0 Å². The van der Waals surface area contributed by atoms with Crippen LogP contribution in [0.4, 0.5) is 0 Å². The predicted molar refractivity (Wildman–Crippen MR) is 71.7 cm³/mol. The van der Waals surface area contributed by atoms with Crippen LogP contribution in [0.1, 0.15) is 51.9 Å². The molecule has 0 amide bonds. The van der Waals surface area contributed by atoms with Gasteiger partial charge in [0, 0.05) is 37.6 Å². The van der Waals surface area contributed by atoms with Crippen LogP contribution in [0.2, 0.25) is 0 Å². The lowest BCUT2D eigenvalue weighted by molar-refractivity contribution is -0.137. The summed E-state index contributed by atoms with van der Waals surface area (Å²) in [6.07, 6.45) is 7.74. The van der Waals surface area contributed by atoms with Crippen molar-refractivity contribution in [3.05, 3.63) is 0 Å². The van der Waals surface area contributed by atoms with E-state index in [0.717, 1.165) is 19.5 Å². The number of nitrogens with zero attached hydrogens (tertiary/aromatic N) is 1. The van der Waals surface area contributed by atoms with E-state index in [-0.39, 0.29) is 0 Å². The van der Waals surface area contributed by atoms with E-state index in [1.54, 1.807) is 0 Å². The molecule has 1 saturated heterocycles. The van der Waals surface area contributed by atoms with Crippen LogP contribution < -0.4 is 5.32 Å². The van der Waals surface area contributed by atoms with Gasteiger partial charge in [0.25, 0.3) is 0 Å².